The van der Waals surface area contributed by atoms with Crippen molar-refractivity contribution in [3.05, 3.63) is 70.0 Å². The van der Waals surface area contributed by atoms with E-state index in [1.165, 1.54) is 0 Å². The number of rotatable bonds is 16. The topological polar surface area (TPSA) is 63.1 Å². The van der Waals surface area contributed by atoms with Gasteiger partial charge in [0.2, 0.25) is 5.91 Å². The van der Waals surface area contributed by atoms with Crippen molar-refractivity contribution in [2.24, 2.45) is 0 Å². The van der Waals surface area contributed by atoms with Crippen molar-refractivity contribution in [1.82, 2.24) is 25.0 Å². The SMILES string of the molecule is CCN(CC)CCCC(C)NC(=O)CCCCSc1nnc(Cc2ccccc2)n1-c1ccc(Cl)c(Cl)c1. The molecule has 9 heteroatoms. The maximum absolute atomic E-state index is 12.4. The molecule has 2 aromatic carbocycles. The van der Waals surface area contributed by atoms with E-state index in [4.69, 9.17) is 23.2 Å². The largest absolute Gasteiger partial charge is 0.354 e. The number of hydrogen-bond acceptors (Lipinski definition) is 5. The molecule has 0 aliphatic heterocycles. The second-order valence-corrected chi connectivity index (χ2v) is 11.3. The molecule has 0 radical (unpaired) electrons. The van der Waals surface area contributed by atoms with Crippen LogP contribution in [0.4, 0.5) is 0 Å². The summed E-state index contributed by atoms with van der Waals surface area (Å²) >= 11 is 14.1. The van der Waals surface area contributed by atoms with Crippen molar-refractivity contribution in [3.63, 3.8) is 0 Å². The summed E-state index contributed by atoms with van der Waals surface area (Å²) in [5.74, 6) is 1.82. The average molecular weight is 577 g/mol. The van der Waals surface area contributed by atoms with E-state index in [9.17, 15) is 4.79 Å². The molecule has 0 saturated carbocycles. The van der Waals surface area contributed by atoms with Gasteiger partial charge < -0.3 is 10.2 Å². The van der Waals surface area contributed by atoms with Gasteiger partial charge in [0.05, 0.1) is 15.7 Å². The number of benzene rings is 2. The van der Waals surface area contributed by atoms with Crippen LogP contribution in [0.2, 0.25) is 10.0 Å². The van der Waals surface area contributed by atoms with E-state index in [1.807, 2.05) is 34.9 Å². The van der Waals surface area contributed by atoms with Gasteiger partial charge in [-0.25, -0.2) is 0 Å². The molecule has 0 spiro atoms. The first-order valence-electron chi connectivity index (χ1n) is 13.5. The van der Waals surface area contributed by atoms with Crippen molar-refractivity contribution < 1.29 is 4.79 Å². The third kappa shape index (κ3) is 9.60. The van der Waals surface area contributed by atoms with Crippen LogP contribution < -0.4 is 5.32 Å². The number of nitrogens with zero attached hydrogens (tertiary/aromatic N) is 4. The number of unbranched alkanes of at least 4 members (excludes halogenated alkanes) is 1. The Balaban J connectivity index is 1.51. The highest BCUT2D eigenvalue weighted by Gasteiger charge is 2.16. The minimum Gasteiger partial charge on any atom is -0.354 e. The monoisotopic (exact) mass is 575 g/mol. The van der Waals surface area contributed by atoms with Gasteiger partial charge in [0.15, 0.2) is 5.16 Å². The lowest BCUT2D eigenvalue weighted by Crippen LogP contribution is -2.33. The number of thioether (sulfide) groups is 1. The second kappa shape index (κ2) is 16.1. The molecule has 0 aliphatic carbocycles. The molecular weight excluding hydrogens is 537 g/mol. The lowest BCUT2D eigenvalue weighted by atomic mass is 10.1. The van der Waals surface area contributed by atoms with Gasteiger partial charge in [0.1, 0.15) is 5.82 Å². The van der Waals surface area contributed by atoms with Crippen molar-refractivity contribution in [2.45, 2.75) is 70.5 Å². The summed E-state index contributed by atoms with van der Waals surface area (Å²) in [5, 5.41) is 13.9. The first kappa shape index (κ1) is 30.5. The van der Waals surface area contributed by atoms with Crippen molar-refractivity contribution in [1.29, 1.82) is 0 Å². The van der Waals surface area contributed by atoms with E-state index in [0.29, 0.717) is 22.9 Å². The van der Waals surface area contributed by atoms with E-state index in [0.717, 1.165) is 73.3 Å². The van der Waals surface area contributed by atoms with Gasteiger partial charge >= 0.3 is 0 Å². The van der Waals surface area contributed by atoms with E-state index in [-0.39, 0.29) is 11.9 Å². The molecule has 1 atom stereocenters. The van der Waals surface area contributed by atoms with Gasteiger partial charge in [-0.3, -0.25) is 9.36 Å². The van der Waals surface area contributed by atoms with Crippen LogP contribution in [-0.2, 0) is 11.2 Å². The highest BCUT2D eigenvalue weighted by Crippen LogP contribution is 2.29. The third-order valence-electron chi connectivity index (χ3n) is 6.51. The molecule has 1 amide bonds. The quantitative estimate of drug-likeness (QED) is 0.146. The normalized spacial score (nSPS) is 12.2. The number of carbonyl (C=O) groups is 1. The molecule has 3 rings (SSSR count). The van der Waals surface area contributed by atoms with Gasteiger partial charge in [-0.1, -0.05) is 79.1 Å². The number of halogens is 2. The summed E-state index contributed by atoms with van der Waals surface area (Å²) in [7, 11) is 0. The van der Waals surface area contributed by atoms with Gasteiger partial charge in [0.25, 0.3) is 0 Å². The minimum atomic E-state index is 0.134. The number of carbonyl (C=O) groups excluding carboxylic acids is 1. The average Bonchev–Trinajstić information content (AvgIpc) is 3.30. The summed E-state index contributed by atoms with van der Waals surface area (Å²) in [4.78, 5) is 14.8. The highest BCUT2D eigenvalue weighted by atomic mass is 35.5. The Morgan fingerprint density at radius 2 is 1.79 bits per heavy atom. The minimum absolute atomic E-state index is 0.134. The molecule has 0 aliphatic rings. The Kier molecular flexibility index (Phi) is 12.9. The van der Waals surface area contributed by atoms with Crippen molar-refractivity contribution in [2.75, 3.05) is 25.4 Å². The zero-order valence-corrected chi connectivity index (χ0v) is 25.0. The smallest absolute Gasteiger partial charge is 0.220 e. The molecule has 0 bridgehead atoms. The zero-order valence-electron chi connectivity index (χ0n) is 22.6. The third-order valence-corrected chi connectivity index (χ3v) is 8.26. The van der Waals surface area contributed by atoms with Gasteiger partial charge in [0, 0.05) is 24.6 Å². The van der Waals surface area contributed by atoms with Crippen LogP contribution in [0.25, 0.3) is 5.69 Å². The number of aromatic nitrogens is 3. The van der Waals surface area contributed by atoms with E-state index < -0.39 is 0 Å². The predicted octanol–water partition coefficient (Wildman–Crippen LogP) is 7.05. The molecule has 1 unspecified atom stereocenters. The number of hydrogen-bond donors (Lipinski definition) is 1. The van der Waals surface area contributed by atoms with Crippen LogP contribution in [0.5, 0.6) is 0 Å². The van der Waals surface area contributed by atoms with Crippen LogP contribution in [0.1, 0.15) is 64.3 Å². The van der Waals surface area contributed by atoms with Gasteiger partial charge in [-0.2, -0.15) is 0 Å². The van der Waals surface area contributed by atoms with Crippen molar-refractivity contribution >= 4 is 40.9 Å². The molecule has 6 nitrogen and oxygen atoms in total. The maximum Gasteiger partial charge on any atom is 0.220 e. The molecule has 1 N–H and O–H groups in total. The Morgan fingerprint density at radius 1 is 1.03 bits per heavy atom. The Labute approximate surface area is 241 Å². The first-order valence-corrected chi connectivity index (χ1v) is 15.2. The number of amides is 1. The summed E-state index contributed by atoms with van der Waals surface area (Å²) in [6, 6.07) is 16.0. The fourth-order valence-electron chi connectivity index (χ4n) is 4.30. The number of nitrogens with one attached hydrogen (secondary N) is 1. The molecule has 38 heavy (non-hydrogen) atoms. The van der Waals surface area contributed by atoms with Crippen LogP contribution in [0.3, 0.4) is 0 Å². The fraction of sp³-hybridized carbons (Fsp3) is 0.483. The molecule has 0 saturated heterocycles. The molecule has 1 heterocycles. The fourth-order valence-corrected chi connectivity index (χ4v) is 5.56. The summed E-state index contributed by atoms with van der Waals surface area (Å²) < 4.78 is 2.05. The summed E-state index contributed by atoms with van der Waals surface area (Å²) in [6.07, 6.45) is 5.06. The molecule has 0 fully saturated rings. The molecule has 3 aromatic rings. The maximum atomic E-state index is 12.4. The summed E-state index contributed by atoms with van der Waals surface area (Å²) in [6.45, 7) is 9.71. The van der Waals surface area contributed by atoms with Gasteiger partial charge in [-0.05, 0) is 76.0 Å². The van der Waals surface area contributed by atoms with Gasteiger partial charge in [-0.15, -0.1) is 10.2 Å². The second-order valence-electron chi connectivity index (χ2n) is 9.44. The predicted molar refractivity (Wildman–Crippen MR) is 160 cm³/mol. The van der Waals surface area contributed by atoms with E-state index in [1.54, 1.807) is 17.8 Å². The molecule has 206 valence electrons. The Hall–Kier alpha value is -2.06. The Bertz CT molecular complexity index is 1140. The zero-order chi connectivity index (χ0) is 27.3. The van der Waals surface area contributed by atoms with E-state index in [2.05, 4.69) is 53.3 Å². The standard InChI is InChI=1S/C29H39Cl2N5OS/c1-4-35(5-2)18-11-12-22(3)32-28(37)15-9-10-19-38-29-34-33-27(20-23-13-7-6-8-14-23)36(29)24-16-17-25(30)26(31)21-24/h6-8,13-14,16-17,21-22H,4-5,9-12,15,18-20H2,1-3H3,(H,32,37). The molecular formula is C29H39Cl2N5OS. The van der Waals surface area contributed by atoms with Crippen LogP contribution >= 0.6 is 35.0 Å². The van der Waals surface area contributed by atoms with Crippen molar-refractivity contribution in [3.8, 4) is 5.69 Å². The Morgan fingerprint density at radius 3 is 2.50 bits per heavy atom. The summed E-state index contributed by atoms with van der Waals surface area (Å²) in [5.41, 5.74) is 2.04. The highest BCUT2D eigenvalue weighted by molar-refractivity contribution is 7.99. The molecule has 1 aromatic heterocycles. The lowest BCUT2D eigenvalue weighted by Gasteiger charge is -2.19. The van der Waals surface area contributed by atoms with Crippen LogP contribution in [0, 0.1) is 0 Å². The lowest BCUT2D eigenvalue weighted by molar-refractivity contribution is -0.121. The van der Waals surface area contributed by atoms with E-state index >= 15 is 0 Å². The first-order chi connectivity index (χ1) is 18.4. The van der Waals surface area contributed by atoms with Crippen LogP contribution in [-0.4, -0.2) is 57.0 Å². The van der Waals surface area contributed by atoms with Crippen LogP contribution in [0.15, 0.2) is 53.7 Å².